The van der Waals surface area contributed by atoms with E-state index < -0.39 is 0 Å². The van der Waals surface area contributed by atoms with Gasteiger partial charge in [0, 0.05) is 12.0 Å². The van der Waals surface area contributed by atoms with Crippen molar-refractivity contribution in [3.05, 3.63) is 53.0 Å². The minimum Gasteiger partial charge on any atom is -0.488 e. The summed E-state index contributed by atoms with van der Waals surface area (Å²) < 4.78 is 11.5. The summed E-state index contributed by atoms with van der Waals surface area (Å²) in [6.45, 7) is 3.89. The van der Waals surface area contributed by atoms with Gasteiger partial charge in [0.1, 0.15) is 23.4 Å². The maximum absolute atomic E-state index is 6.31. The molecule has 2 aromatic rings. The Morgan fingerprint density at radius 3 is 2.72 bits per heavy atom. The quantitative estimate of drug-likeness (QED) is 0.882. The zero-order valence-electron chi connectivity index (χ0n) is 10.6. The van der Waals surface area contributed by atoms with Gasteiger partial charge >= 0.3 is 0 Å². The van der Waals surface area contributed by atoms with Crippen molar-refractivity contribution in [2.45, 2.75) is 32.4 Å². The van der Waals surface area contributed by atoms with Crippen LogP contribution in [0.3, 0.4) is 0 Å². The van der Waals surface area contributed by atoms with Crippen LogP contribution in [0.4, 0.5) is 0 Å². The van der Waals surface area contributed by atoms with Gasteiger partial charge in [0.15, 0.2) is 0 Å². The summed E-state index contributed by atoms with van der Waals surface area (Å²) in [5, 5.41) is 0. The topological polar surface area (TPSA) is 48.4 Å². The second-order valence-corrected chi connectivity index (χ2v) is 4.86. The van der Waals surface area contributed by atoms with Gasteiger partial charge in [-0.2, -0.15) is 0 Å². The average Bonchev–Trinajstić information content (AvgIpc) is 2.91. The van der Waals surface area contributed by atoms with E-state index in [0.29, 0.717) is 0 Å². The highest BCUT2D eigenvalue weighted by Gasteiger charge is 2.30. The third-order valence-corrected chi connectivity index (χ3v) is 3.51. The summed E-state index contributed by atoms with van der Waals surface area (Å²) in [6.07, 6.45) is 0.860. The number of hydrogen-bond donors (Lipinski definition) is 1. The van der Waals surface area contributed by atoms with Crippen molar-refractivity contribution in [1.29, 1.82) is 0 Å². The van der Waals surface area contributed by atoms with Gasteiger partial charge in [-0.25, -0.2) is 0 Å². The molecule has 0 saturated carbocycles. The molecule has 1 aromatic carbocycles. The van der Waals surface area contributed by atoms with E-state index in [4.69, 9.17) is 14.9 Å². The molecule has 18 heavy (non-hydrogen) atoms. The number of furan rings is 1. The molecule has 3 rings (SSSR count). The zero-order chi connectivity index (χ0) is 12.7. The molecule has 94 valence electrons. The van der Waals surface area contributed by atoms with Gasteiger partial charge < -0.3 is 14.9 Å². The SMILES string of the molecule is Cc1cc(C(N)C2Cc3ccccc3O2)c(C)o1. The molecule has 0 saturated heterocycles. The van der Waals surface area contributed by atoms with Crippen molar-refractivity contribution >= 4 is 0 Å². The number of ether oxygens (including phenoxy) is 1. The number of fused-ring (bicyclic) bond motifs is 1. The first kappa shape index (κ1) is 11.4. The van der Waals surface area contributed by atoms with Gasteiger partial charge in [-0.3, -0.25) is 0 Å². The average molecular weight is 243 g/mol. The van der Waals surface area contributed by atoms with Crippen LogP contribution in [0.1, 0.15) is 28.7 Å². The van der Waals surface area contributed by atoms with Gasteiger partial charge in [-0.1, -0.05) is 18.2 Å². The third-order valence-electron chi connectivity index (χ3n) is 3.51. The fourth-order valence-electron chi connectivity index (χ4n) is 2.59. The largest absolute Gasteiger partial charge is 0.488 e. The summed E-state index contributed by atoms with van der Waals surface area (Å²) in [5.74, 6) is 2.74. The van der Waals surface area contributed by atoms with Crippen molar-refractivity contribution in [1.82, 2.24) is 0 Å². The van der Waals surface area contributed by atoms with E-state index in [0.717, 1.165) is 29.3 Å². The molecule has 3 nitrogen and oxygen atoms in total. The minimum absolute atomic E-state index is 0.00176. The maximum Gasteiger partial charge on any atom is 0.123 e. The summed E-state index contributed by atoms with van der Waals surface area (Å²) in [4.78, 5) is 0. The van der Waals surface area contributed by atoms with Crippen LogP contribution < -0.4 is 10.5 Å². The molecule has 0 spiro atoms. The Kier molecular flexibility index (Phi) is 2.63. The van der Waals surface area contributed by atoms with Crippen molar-refractivity contribution in [2.75, 3.05) is 0 Å². The first-order chi connectivity index (χ1) is 8.65. The van der Waals surface area contributed by atoms with E-state index in [1.54, 1.807) is 0 Å². The molecule has 2 atom stereocenters. The van der Waals surface area contributed by atoms with Gasteiger partial charge in [-0.15, -0.1) is 0 Å². The first-order valence-electron chi connectivity index (χ1n) is 6.22. The van der Waals surface area contributed by atoms with Gasteiger partial charge in [0.05, 0.1) is 6.04 Å². The lowest BCUT2D eigenvalue weighted by molar-refractivity contribution is 0.199. The third kappa shape index (κ3) is 1.81. The molecule has 0 aliphatic carbocycles. The van der Waals surface area contributed by atoms with Gasteiger partial charge in [0.25, 0.3) is 0 Å². The lowest BCUT2D eigenvalue weighted by atomic mass is 9.99. The van der Waals surface area contributed by atoms with E-state index in [1.807, 2.05) is 38.1 Å². The molecule has 2 N–H and O–H groups in total. The number of para-hydroxylation sites is 1. The summed E-state index contributed by atoms with van der Waals surface area (Å²) in [6, 6.07) is 9.97. The van der Waals surface area contributed by atoms with E-state index >= 15 is 0 Å². The van der Waals surface area contributed by atoms with Crippen molar-refractivity contribution in [3.8, 4) is 5.75 Å². The lowest BCUT2D eigenvalue weighted by Crippen LogP contribution is -2.30. The lowest BCUT2D eigenvalue weighted by Gasteiger charge is -2.18. The molecule has 1 aliphatic rings. The Hall–Kier alpha value is -1.74. The molecular weight excluding hydrogens is 226 g/mol. The number of benzene rings is 1. The van der Waals surface area contributed by atoms with Crippen molar-refractivity contribution in [3.63, 3.8) is 0 Å². The fraction of sp³-hybridized carbons (Fsp3) is 0.333. The van der Waals surface area contributed by atoms with Crippen LogP contribution in [0.2, 0.25) is 0 Å². The molecule has 2 unspecified atom stereocenters. The molecule has 3 heteroatoms. The summed E-state index contributed by atoms with van der Waals surface area (Å²) >= 11 is 0. The van der Waals surface area contributed by atoms with Crippen LogP contribution in [0, 0.1) is 13.8 Å². The van der Waals surface area contributed by atoms with Crippen molar-refractivity contribution < 1.29 is 9.15 Å². The molecule has 0 fully saturated rings. The number of rotatable bonds is 2. The number of hydrogen-bond acceptors (Lipinski definition) is 3. The van der Waals surface area contributed by atoms with Crippen LogP contribution in [0.15, 0.2) is 34.7 Å². The smallest absolute Gasteiger partial charge is 0.123 e. The van der Waals surface area contributed by atoms with E-state index in [1.165, 1.54) is 5.56 Å². The van der Waals surface area contributed by atoms with E-state index in [-0.39, 0.29) is 12.1 Å². The van der Waals surface area contributed by atoms with E-state index in [9.17, 15) is 0 Å². The van der Waals surface area contributed by atoms with Crippen LogP contribution in [0.5, 0.6) is 5.75 Å². The van der Waals surface area contributed by atoms with Gasteiger partial charge in [-0.05, 0) is 31.5 Å². The molecule has 0 amide bonds. The van der Waals surface area contributed by atoms with Crippen molar-refractivity contribution in [2.24, 2.45) is 5.73 Å². The van der Waals surface area contributed by atoms with E-state index in [2.05, 4.69) is 6.07 Å². The molecule has 2 heterocycles. The standard InChI is InChI=1S/C15H17NO2/c1-9-7-12(10(2)17-9)15(16)14-8-11-5-3-4-6-13(11)18-14/h3-7,14-15H,8,16H2,1-2H3. The Bertz CT molecular complexity index is 549. The summed E-state index contributed by atoms with van der Waals surface area (Å²) in [7, 11) is 0. The highest BCUT2D eigenvalue weighted by Crippen LogP contribution is 2.34. The van der Waals surface area contributed by atoms with Gasteiger partial charge in [0.2, 0.25) is 0 Å². The second kappa shape index (κ2) is 4.18. The predicted molar refractivity (Wildman–Crippen MR) is 69.7 cm³/mol. The van der Waals surface area contributed by atoms with Crippen LogP contribution >= 0.6 is 0 Å². The van der Waals surface area contributed by atoms with Crippen LogP contribution in [-0.2, 0) is 6.42 Å². The minimum atomic E-state index is -0.144. The summed E-state index contributed by atoms with van der Waals surface area (Å²) in [5.41, 5.74) is 8.59. The number of aryl methyl sites for hydroxylation is 2. The predicted octanol–water partition coefficient (Wildman–Crippen LogP) is 2.90. The Labute approximate surface area is 107 Å². The second-order valence-electron chi connectivity index (χ2n) is 4.86. The Morgan fingerprint density at radius 2 is 2.06 bits per heavy atom. The monoisotopic (exact) mass is 243 g/mol. The fourth-order valence-corrected chi connectivity index (χ4v) is 2.59. The molecule has 0 bridgehead atoms. The highest BCUT2D eigenvalue weighted by molar-refractivity contribution is 5.39. The zero-order valence-corrected chi connectivity index (χ0v) is 10.6. The normalized spacial score (nSPS) is 19.4. The maximum atomic E-state index is 6.31. The molecule has 1 aliphatic heterocycles. The highest BCUT2D eigenvalue weighted by atomic mass is 16.5. The molecule has 1 aromatic heterocycles. The molecule has 0 radical (unpaired) electrons. The molecular formula is C15H17NO2. The first-order valence-corrected chi connectivity index (χ1v) is 6.22. The number of nitrogens with two attached hydrogens (primary N) is 1. The van der Waals surface area contributed by atoms with Crippen LogP contribution in [0.25, 0.3) is 0 Å². The van der Waals surface area contributed by atoms with Crippen LogP contribution in [-0.4, -0.2) is 6.10 Å². The Morgan fingerprint density at radius 1 is 1.28 bits per heavy atom. The Balaban J connectivity index is 1.84.